The first-order valence-electron chi connectivity index (χ1n) is 18.1. The largest absolute Gasteiger partial charge is 0.508 e. The molecule has 8 unspecified atom stereocenters. The van der Waals surface area contributed by atoms with Crippen molar-refractivity contribution < 1.29 is 59.3 Å². The lowest BCUT2D eigenvalue weighted by Crippen LogP contribution is -3.01. The molecule has 0 radical (unpaired) electrons. The van der Waals surface area contributed by atoms with Crippen LogP contribution in [0.15, 0.2) is 74.1 Å². The number of carbonyl (C=O) groups is 1. The summed E-state index contributed by atoms with van der Waals surface area (Å²) in [6, 6.07) is 8.98. The van der Waals surface area contributed by atoms with E-state index in [0.29, 0.717) is 71.6 Å². The van der Waals surface area contributed by atoms with Gasteiger partial charge in [-0.05, 0) is 62.4 Å². The van der Waals surface area contributed by atoms with Crippen LogP contribution in [0.4, 0.5) is 5.69 Å². The average molecular weight is 749 g/mol. The zero-order valence-electron chi connectivity index (χ0n) is 30.0. The van der Waals surface area contributed by atoms with Gasteiger partial charge in [0.25, 0.3) is 0 Å². The van der Waals surface area contributed by atoms with Gasteiger partial charge in [0.05, 0.1) is 12.0 Å². The maximum atomic E-state index is 13.4. The van der Waals surface area contributed by atoms with Gasteiger partial charge in [0.15, 0.2) is 11.2 Å². The average Bonchev–Trinajstić information content (AvgIpc) is 3.87. The molecule has 0 bridgehead atoms. The van der Waals surface area contributed by atoms with E-state index in [1.165, 1.54) is 30.3 Å². The van der Waals surface area contributed by atoms with E-state index in [4.69, 9.17) is 18.9 Å². The van der Waals surface area contributed by atoms with Gasteiger partial charge in [0.1, 0.15) is 72.2 Å². The summed E-state index contributed by atoms with van der Waals surface area (Å²) in [6.07, 6.45) is 0.381. The molecule has 1 saturated heterocycles. The predicted molar refractivity (Wildman–Crippen MR) is 193 cm³/mol. The highest BCUT2D eigenvalue weighted by molar-refractivity contribution is 5.90. The minimum atomic E-state index is -2.26. The molecular weight excluding hydrogens is 702 g/mol. The number of benzene rings is 2. The lowest BCUT2D eigenvalue weighted by atomic mass is 9.83. The van der Waals surface area contributed by atoms with E-state index in [1.54, 1.807) is 19.2 Å². The van der Waals surface area contributed by atoms with Crippen molar-refractivity contribution in [3.8, 4) is 11.5 Å². The number of quaternary nitrogens is 1. The number of aliphatic imine (C=N–C) groups is 1. The molecule has 0 aliphatic carbocycles. The number of phenols is 1. The summed E-state index contributed by atoms with van der Waals surface area (Å²) < 4.78 is 13.2. The first kappa shape index (κ1) is 37.8. The Hall–Kier alpha value is -4.45. The molecule has 2 aromatic carbocycles. The highest BCUT2D eigenvalue weighted by atomic mass is 17.2. The number of nitrogens with zero attached hydrogens (tertiary/aromatic N) is 1. The number of ether oxygens (including phenoxy) is 1. The Morgan fingerprint density at radius 1 is 1.15 bits per heavy atom. The number of carbonyl (C=O) groups excluding carboxylic acids is 1. The fraction of sp³-hybridized carbons (Fsp3) is 0.462. The molecule has 4 aliphatic heterocycles. The smallest absolute Gasteiger partial charge is 0.222 e. The van der Waals surface area contributed by atoms with Crippen LogP contribution >= 0.6 is 0 Å². The van der Waals surface area contributed by atoms with Gasteiger partial charge in [0, 0.05) is 49.2 Å². The van der Waals surface area contributed by atoms with Crippen molar-refractivity contribution in [2.45, 2.75) is 81.6 Å². The Labute approximate surface area is 310 Å². The third-order valence-electron chi connectivity index (χ3n) is 10.9. The summed E-state index contributed by atoms with van der Waals surface area (Å²) in [5.41, 5.74) is 0.452. The molecular formula is C39H46N3O12+. The van der Waals surface area contributed by atoms with E-state index in [9.17, 15) is 40.2 Å². The van der Waals surface area contributed by atoms with Crippen LogP contribution in [0, 0.1) is 12.8 Å². The second kappa shape index (κ2) is 15.0. The van der Waals surface area contributed by atoms with E-state index in [0.717, 1.165) is 16.2 Å². The predicted octanol–water partition coefficient (Wildman–Crippen LogP) is 0.165. The van der Waals surface area contributed by atoms with E-state index in [1.807, 2.05) is 19.2 Å². The third kappa shape index (κ3) is 7.46. The van der Waals surface area contributed by atoms with Gasteiger partial charge in [-0.1, -0.05) is 12.1 Å². The quantitative estimate of drug-likeness (QED) is 0.0816. The summed E-state index contributed by atoms with van der Waals surface area (Å²) in [7, 11) is 0. The summed E-state index contributed by atoms with van der Waals surface area (Å²) in [4.78, 5) is 42.7. The molecule has 0 saturated carbocycles. The topological polar surface area (TPSA) is 225 Å². The van der Waals surface area contributed by atoms with Crippen LogP contribution in [0.3, 0.4) is 0 Å². The maximum Gasteiger partial charge on any atom is 0.222 e. The number of hydrogen-bond acceptors (Lipinski definition) is 13. The third-order valence-corrected chi connectivity index (χ3v) is 10.9. The number of aryl methyl sites for hydroxylation is 1. The highest BCUT2D eigenvalue weighted by Crippen LogP contribution is 2.45. The number of allylic oxidation sites excluding steroid dienone is 1. The Kier molecular flexibility index (Phi) is 10.5. The number of aliphatic hydroxyl groups is 5. The summed E-state index contributed by atoms with van der Waals surface area (Å²) in [5, 5.41) is 66.1. The number of phenolic OH excluding ortho intramolecular Hbond substituents is 1. The van der Waals surface area contributed by atoms with Gasteiger partial charge in [-0.3, -0.25) is 19.5 Å². The van der Waals surface area contributed by atoms with Crippen LogP contribution in [-0.4, -0.2) is 105 Å². The van der Waals surface area contributed by atoms with Gasteiger partial charge in [-0.15, -0.1) is 0 Å². The Bertz CT molecular complexity index is 2060. The molecule has 7 rings (SSSR count). The van der Waals surface area contributed by atoms with Crippen LogP contribution in [0.2, 0.25) is 0 Å². The number of rotatable bonds is 14. The number of aromatic hydroxyl groups is 1. The van der Waals surface area contributed by atoms with Gasteiger partial charge in [0.2, 0.25) is 17.2 Å². The number of hydrogen-bond donors (Lipinski definition) is 8. The van der Waals surface area contributed by atoms with Crippen molar-refractivity contribution in [2.75, 3.05) is 26.3 Å². The molecule has 54 heavy (non-hydrogen) atoms. The number of aliphatic hydroxyl groups excluding tert-OH is 4. The molecule has 4 aliphatic rings. The van der Waals surface area contributed by atoms with E-state index >= 15 is 0 Å². The summed E-state index contributed by atoms with van der Waals surface area (Å²) in [6.45, 7) is 3.09. The lowest BCUT2D eigenvalue weighted by molar-refractivity contribution is -0.763. The molecule has 8 N–H and O–H groups in total. The summed E-state index contributed by atoms with van der Waals surface area (Å²) in [5.74, 6) is 0.982. The van der Waals surface area contributed by atoms with Gasteiger partial charge >= 0.3 is 0 Å². The Morgan fingerprint density at radius 3 is 2.63 bits per heavy atom. The molecule has 1 aromatic heterocycles. The molecule has 1 fully saturated rings. The number of amides is 1. The van der Waals surface area contributed by atoms with Gasteiger partial charge in [-0.25, -0.2) is 9.78 Å². The van der Waals surface area contributed by atoms with Crippen molar-refractivity contribution in [1.82, 2.24) is 5.32 Å². The SMILES string of the molecule is Cc1cc(=O)c2cc3c(c([NH+]4C=C5N=CC=C5C4)c2o1)OC(C)(CCC1CNC(=O)C1)C(OOCC(O)(Cc1ccc(O)cc1)C(O)C(O)C(O)CO)C3. The molecule has 1 amide bonds. The molecule has 0 spiro atoms. The highest BCUT2D eigenvalue weighted by Gasteiger charge is 2.48. The molecule has 288 valence electrons. The second-order valence-electron chi connectivity index (χ2n) is 15.1. The zero-order chi connectivity index (χ0) is 38.4. The number of fused-ring (bicyclic) bond motifs is 3. The fourth-order valence-electron chi connectivity index (χ4n) is 7.73. The lowest BCUT2D eigenvalue weighted by Gasteiger charge is -2.43. The van der Waals surface area contributed by atoms with Crippen molar-refractivity contribution >= 4 is 28.8 Å². The van der Waals surface area contributed by atoms with Gasteiger partial charge in [-0.2, -0.15) is 0 Å². The molecule has 15 heteroatoms. The van der Waals surface area contributed by atoms with Crippen LogP contribution in [0.25, 0.3) is 11.0 Å². The Morgan fingerprint density at radius 2 is 1.93 bits per heavy atom. The van der Waals surface area contributed by atoms with Crippen LogP contribution in [-0.2, 0) is 27.4 Å². The molecule has 3 aromatic rings. The standard InChI is InChI=1S/C39H45N3O12/c1-21-11-29(45)27-13-25-14-31(54-51-20-39(50,37(49)34(48)30(46)19-43)15-22-3-5-26(44)6-4-22)38(2,9-7-23-12-32(47)41-16-23)53-35(25)33(36(27)52-21)42-17-24-8-10-40-28(24)18-42/h3-6,8,10-11,13,18,23,30-31,34,37,43-44,46,48-50H,7,9,12,14-17,19-20H2,1-2H3,(H,41,47)/p+1. The molecule has 8 atom stereocenters. The fourth-order valence-corrected chi connectivity index (χ4v) is 7.73. The van der Waals surface area contributed by atoms with Crippen molar-refractivity contribution in [3.05, 3.63) is 87.1 Å². The zero-order valence-corrected chi connectivity index (χ0v) is 30.0. The van der Waals surface area contributed by atoms with Crippen molar-refractivity contribution in [1.29, 1.82) is 0 Å². The number of nitrogens with one attached hydrogen (secondary N) is 2. The second-order valence-corrected chi connectivity index (χ2v) is 15.1. The summed E-state index contributed by atoms with van der Waals surface area (Å²) >= 11 is 0. The first-order chi connectivity index (χ1) is 25.8. The van der Waals surface area contributed by atoms with Crippen molar-refractivity contribution in [2.24, 2.45) is 10.9 Å². The minimum absolute atomic E-state index is 0.0203. The van der Waals surface area contributed by atoms with E-state index in [2.05, 4.69) is 10.3 Å². The van der Waals surface area contributed by atoms with E-state index in [-0.39, 0.29) is 35.8 Å². The Balaban J connectivity index is 1.23. The van der Waals surface area contributed by atoms with Crippen LogP contribution in [0.1, 0.15) is 43.1 Å². The molecule has 15 nitrogen and oxygen atoms in total. The minimum Gasteiger partial charge on any atom is -0.508 e. The maximum absolute atomic E-state index is 13.4. The van der Waals surface area contributed by atoms with Gasteiger partial charge < -0.3 is 45.1 Å². The van der Waals surface area contributed by atoms with Crippen LogP contribution in [0.5, 0.6) is 11.5 Å². The normalized spacial score (nSPS) is 26.0. The van der Waals surface area contributed by atoms with E-state index < -0.39 is 48.8 Å². The van der Waals surface area contributed by atoms with Crippen molar-refractivity contribution in [3.63, 3.8) is 0 Å². The first-order valence-corrected chi connectivity index (χ1v) is 18.1. The molecule has 5 heterocycles. The van der Waals surface area contributed by atoms with Crippen LogP contribution < -0.4 is 20.4 Å². The monoisotopic (exact) mass is 748 g/mol.